The molecule has 0 spiro atoms. The van der Waals surface area contributed by atoms with Gasteiger partial charge in [0, 0.05) is 17.3 Å². The minimum Gasteiger partial charge on any atom is -0.381 e. The monoisotopic (exact) mass is 259 g/mol. The lowest BCUT2D eigenvalue weighted by Gasteiger charge is -2.12. The zero-order valence-electron chi connectivity index (χ0n) is 10.8. The van der Waals surface area contributed by atoms with E-state index >= 15 is 0 Å². The predicted octanol–water partition coefficient (Wildman–Crippen LogP) is 4.82. The highest BCUT2D eigenvalue weighted by molar-refractivity contribution is 6.30. The first-order valence-electron chi connectivity index (χ1n) is 6.27. The van der Waals surface area contributed by atoms with Crippen molar-refractivity contribution in [1.82, 2.24) is 0 Å². The molecule has 1 N–H and O–H groups in total. The average Bonchev–Trinajstić information content (AvgIpc) is 2.40. The third-order valence-electron chi connectivity index (χ3n) is 3.17. The molecule has 0 amide bonds. The number of rotatable bonds is 4. The Morgan fingerprint density at radius 1 is 1.06 bits per heavy atom. The van der Waals surface area contributed by atoms with Crippen LogP contribution in [0, 0.1) is 6.92 Å². The molecule has 0 heterocycles. The zero-order valence-corrected chi connectivity index (χ0v) is 11.6. The second kappa shape index (κ2) is 5.92. The fourth-order valence-electron chi connectivity index (χ4n) is 2.05. The molecule has 2 heteroatoms. The Labute approximate surface area is 114 Å². The van der Waals surface area contributed by atoms with E-state index in [0.717, 1.165) is 23.7 Å². The molecule has 0 aliphatic heterocycles. The van der Waals surface area contributed by atoms with Gasteiger partial charge in [0.15, 0.2) is 0 Å². The van der Waals surface area contributed by atoms with Gasteiger partial charge in [-0.05, 0) is 42.2 Å². The van der Waals surface area contributed by atoms with Crippen LogP contribution in [0.25, 0.3) is 0 Å². The van der Waals surface area contributed by atoms with Crippen molar-refractivity contribution >= 4 is 17.3 Å². The first-order valence-corrected chi connectivity index (χ1v) is 6.65. The van der Waals surface area contributed by atoms with Crippen LogP contribution in [0.15, 0.2) is 42.5 Å². The first kappa shape index (κ1) is 13.0. The molecule has 2 aromatic carbocycles. The van der Waals surface area contributed by atoms with Gasteiger partial charge in [0.1, 0.15) is 0 Å². The van der Waals surface area contributed by atoms with Gasteiger partial charge in [-0.3, -0.25) is 0 Å². The van der Waals surface area contributed by atoms with Crippen LogP contribution in [0.4, 0.5) is 5.69 Å². The van der Waals surface area contributed by atoms with Crippen LogP contribution in [0.1, 0.15) is 23.6 Å². The quantitative estimate of drug-likeness (QED) is 0.830. The summed E-state index contributed by atoms with van der Waals surface area (Å²) in [4.78, 5) is 0. The van der Waals surface area contributed by atoms with Gasteiger partial charge in [-0.15, -0.1) is 0 Å². The molecule has 0 aromatic heterocycles. The van der Waals surface area contributed by atoms with E-state index in [1.807, 2.05) is 18.2 Å². The van der Waals surface area contributed by atoms with E-state index in [1.54, 1.807) is 0 Å². The summed E-state index contributed by atoms with van der Waals surface area (Å²) in [6, 6.07) is 14.5. The van der Waals surface area contributed by atoms with Gasteiger partial charge < -0.3 is 5.32 Å². The minimum absolute atomic E-state index is 0.770. The van der Waals surface area contributed by atoms with Crippen molar-refractivity contribution in [2.24, 2.45) is 0 Å². The molecular formula is C16H18ClN. The summed E-state index contributed by atoms with van der Waals surface area (Å²) >= 11 is 6.02. The Bertz CT molecular complexity index is 534. The number of hydrogen-bond donors (Lipinski definition) is 1. The largest absolute Gasteiger partial charge is 0.381 e. The Morgan fingerprint density at radius 3 is 2.50 bits per heavy atom. The van der Waals surface area contributed by atoms with Crippen molar-refractivity contribution in [3.8, 4) is 0 Å². The zero-order chi connectivity index (χ0) is 13.0. The fourth-order valence-corrected chi connectivity index (χ4v) is 2.22. The fraction of sp³-hybridized carbons (Fsp3) is 0.250. The standard InChI is InChI=1S/C16H18ClN/c1-3-13-6-4-5-7-14(13)11-18-16-10-15(17)9-8-12(16)2/h4-10,18H,3,11H2,1-2H3. The maximum absolute atomic E-state index is 6.02. The van der Waals surface area contributed by atoms with Crippen molar-refractivity contribution in [3.05, 3.63) is 64.2 Å². The van der Waals surface area contributed by atoms with E-state index < -0.39 is 0 Å². The third kappa shape index (κ3) is 3.05. The lowest BCUT2D eigenvalue weighted by atomic mass is 10.1. The van der Waals surface area contributed by atoms with Crippen LogP contribution in [0.2, 0.25) is 5.02 Å². The summed E-state index contributed by atoms with van der Waals surface area (Å²) in [7, 11) is 0. The Kier molecular flexibility index (Phi) is 4.27. The van der Waals surface area contributed by atoms with E-state index in [9.17, 15) is 0 Å². The summed E-state index contributed by atoms with van der Waals surface area (Å²) < 4.78 is 0. The van der Waals surface area contributed by atoms with Gasteiger partial charge in [-0.25, -0.2) is 0 Å². The molecule has 0 fully saturated rings. The maximum Gasteiger partial charge on any atom is 0.0426 e. The van der Waals surface area contributed by atoms with Crippen LogP contribution in [-0.4, -0.2) is 0 Å². The smallest absolute Gasteiger partial charge is 0.0426 e. The molecule has 0 aliphatic carbocycles. The molecule has 0 bridgehead atoms. The lowest BCUT2D eigenvalue weighted by molar-refractivity contribution is 1.04. The van der Waals surface area contributed by atoms with Crippen molar-refractivity contribution in [3.63, 3.8) is 0 Å². The Morgan fingerprint density at radius 2 is 1.78 bits per heavy atom. The van der Waals surface area contributed by atoms with Crippen molar-refractivity contribution in [2.45, 2.75) is 26.8 Å². The van der Waals surface area contributed by atoms with Crippen LogP contribution in [0.3, 0.4) is 0 Å². The Hall–Kier alpha value is -1.47. The molecule has 0 saturated heterocycles. The molecule has 0 atom stereocenters. The normalized spacial score (nSPS) is 10.4. The van der Waals surface area contributed by atoms with E-state index in [1.165, 1.54) is 16.7 Å². The number of aryl methyl sites for hydroxylation is 2. The summed E-state index contributed by atoms with van der Waals surface area (Å²) in [6.07, 6.45) is 1.06. The molecule has 0 unspecified atom stereocenters. The topological polar surface area (TPSA) is 12.0 Å². The van der Waals surface area contributed by atoms with Gasteiger partial charge in [0.25, 0.3) is 0 Å². The summed E-state index contributed by atoms with van der Waals surface area (Å²) in [5.74, 6) is 0. The van der Waals surface area contributed by atoms with Gasteiger partial charge in [-0.2, -0.15) is 0 Å². The molecule has 2 rings (SSSR count). The minimum atomic E-state index is 0.770. The number of nitrogens with one attached hydrogen (secondary N) is 1. The lowest BCUT2D eigenvalue weighted by Crippen LogP contribution is -2.03. The van der Waals surface area contributed by atoms with Crippen molar-refractivity contribution in [1.29, 1.82) is 0 Å². The molecule has 0 radical (unpaired) electrons. The SMILES string of the molecule is CCc1ccccc1CNc1cc(Cl)ccc1C. The molecule has 18 heavy (non-hydrogen) atoms. The number of benzene rings is 2. The predicted molar refractivity (Wildman–Crippen MR) is 79.3 cm³/mol. The summed E-state index contributed by atoms with van der Waals surface area (Å²) in [6.45, 7) is 5.11. The van der Waals surface area contributed by atoms with Crippen LogP contribution < -0.4 is 5.32 Å². The maximum atomic E-state index is 6.02. The molecule has 0 aliphatic rings. The molecular weight excluding hydrogens is 242 g/mol. The molecule has 0 saturated carbocycles. The molecule has 2 aromatic rings. The Balaban J connectivity index is 2.14. The van der Waals surface area contributed by atoms with Crippen LogP contribution in [-0.2, 0) is 13.0 Å². The van der Waals surface area contributed by atoms with Crippen LogP contribution in [0.5, 0.6) is 0 Å². The third-order valence-corrected chi connectivity index (χ3v) is 3.40. The summed E-state index contributed by atoms with van der Waals surface area (Å²) in [5, 5.41) is 4.23. The number of hydrogen-bond acceptors (Lipinski definition) is 1. The van der Waals surface area contributed by atoms with Gasteiger partial charge in [0.2, 0.25) is 0 Å². The highest BCUT2D eigenvalue weighted by Crippen LogP contribution is 2.21. The van der Waals surface area contributed by atoms with Gasteiger partial charge in [0.05, 0.1) is 0 Å². The van der Waals surface area contributed by atoms with Crippen molar-refractivity contribution in [2.75, 3.05) is 5.32 Å². The van der Waals surface area contributed by atoms with Gasteiger partial charge >= 0.3 is 0 Å². The van der Waals surface area contributed by atoms with E-state index in [0.29, 0.717) is 0 Å². The average molecular weight is 260 g/mol. The van der Waals surface area contributed by atoms with Gasteiger partial charge in [-0.1, -0.05) is 48.9 Å². The second-order valence-electron chi connectivity index (χ2n) is 4.44. The van der Waals surface area contributed by atoms with E-state index in [-0.39, 0.29) is 0 Å². The number of anilines is 1. The molecule has 1 nitrogen and oxygen atoms in total. The molecule has 94 valence electrons. The van der Waals surface area contributed by atoms with Crippen LogP contribution >= 0.6 is 11.6 Å². The summed E-state index contributed by atoms with van der Waals surface area (Å²) in [5.41, 5.74) is 5.06. The second-order valence-corrected chi connectivity index (χ2v) is 4.87. The first-order chi connectivity index (χ1) is 8.70. The number of halogens is 1. The highest BCUT2D eigenvalue weighted by atomic mass is 35.5. The van der Waals surface area contributed by atoms with E-state index in [2.05, 4.69) is 43.4 Å². The van der Waals surface area contributed by atoms with E-state index in [4.69, 9.17) is 11.6 Å². The highest BCUT2D eigenvalue weighted by Gasteiger charge is 2.02. The van der Waals surface area contributed by atoms with Crippen molar-refractivity contribution < 1.29 is 0 Å².